The molecule has 1 aromatic heterocycles. The van der Waals surface area contributed by atoms with Gasteiger partial charge in [-0.15, -0.1) is 0 Å². The van der Waals surface area contributed by atoms with Crippen molar-refractivity contribution in [2.75, 3.05) is 32.8 Å². The van der Waals surface area contributed by atoms with Crippen molar-refractivity contribution in [1.29, 1.82) is 0 Å². The van der Waals surface area contributed by atoms with Gasteiger partial charge < -0.3 is 10.1 Å². The van der Waals surface area contributed by atoms with Crippen LogP contribution in [0, 0.1) is 0 Å². The van der Waals surface area contributed by atoms with E-state index in [2.05, 4.69) is 42.3 Å². The van der Waals surface area contributed by atoms with Crippen molar-refractivity contribution in [2.45, 2.75) is 52.3 Å². The lowest BCUT2D eigenvalue weighted by Crippen LogP contribution is -2.48. The molecule has 2 heterocycles. The summed E-state index contributed by atoms with van der Waals surface area (Å²) in [6.07, 6.45) is 6.68. The van der Waals surface area contributed by atoms with E-state index < -0.39 is 0 Å². The van der Waals surface area contributed by atoms with Crippen molar-refractivity contribution >= 4 is 0 Å². The third kappa shape index (κ3) is 4.53. The van der Waals surface area contributed by atoms with E-state index >= 15 is 0 Å². The normalized spacial score (nSPS) is 21.6. The van der Waals surface area contributed by atoms with Crippen molar-refractivity contribution in [3.63, 3.8) is 0 Å². The molecule has 1 aliphatic rings. The van der Waals surface area contributed by atoms with Crippen LogP contribution < -0.4 is 5.32 Å². The highest BCUT2D eigenvalue weighted by Gasteiger charge is 2.29. The van der Waals surface area contributed by atoms with E-state index in [4.69, 9.17) is 4.74 Å². The molecular weight excluding hydrogens is 264 g/mol. The minimum atomic E-state index is 0.214. The number of aromatic nitrogens is 2. The fourth-order valence-corrected chi connectivity index (χ4v) is 2.93. The molecule has 5 heteroatoms. The first-order valence-corrected chi connectivity index (χ1v) is 8.38. The zero-order chi connectivity index (χ0) is 15.1. The zero-order valence-corrected chi connectivity index (χ0v) is 13.7. The summed E-state index contributed by atoms with van der Waals surface area (Å²) in [4.78, 5) is 2.51. The van der Waals surface area contributed by atoms with E-state index in [1.165, 1.54) is 12.0 Å². The van der Waals surface area contributed by atoms with Crippen molar-refractivity contribution in [2.24, 2.45) is 0 Å². The van der Waals surface area contributed by atoms with E-state index in [1.807, 2.05) is 10.9 Å². The summed E-state index contributed by atoms with van der Waals surface area (Å²) in [7, 11) is 0. The molecule has 2 rings (SSSR count). The molecule has 1 saturated heterocycles. The van der Waals surface area contributed by atoms with Crippen molar-refractivity contribution in [3.8, 4) is 0 Å². The minimum Gasteiger partial charge on any atom is -0.374 e. The molecular formula is C16H30N4O. The van der Waals surface area contributed by atoms with Crippen molar-refractivity contribution in [3.05, 3.63) is 18.0 Å². The van der Waals surface area contributed by atoms with Crippen LogP contribution in [0.4, 0.5) is 0 Å². The number of nitrogens with zero attached hydrogens (tertiary/aromatic N) is 3. The first kappa shape index (κ1) is 16.5. The van der Waals surface area contributed by atoms with Gasteiger partial charge in [0.25, 0.3) is 0 Å². The summed E-state index contributed by atoms with van der Waals surface area (Å²) in [6.45, 7) is 12.5. The van der Waals surface area contributed by atoms with E-state index in [1.54, 1.807) is 0 Å². The van der Waals surface area contributed by atoms with Crippen LogP contribution in [-0.2, 0) is 11.3 Å². The standard InChI is InChI=1S/C16H30N4O/c1-4-7-17-16(14-11-18-20(6-3)12-14)15-13-19(8-5-2)9-10-21-15/h11-12,15-17H,4-10,13H2,1-3H3. The SMILES string of the molecule is CCCNC(c1cnn(CC)c1)C1CN(CCC)CCO1. The largest absolute Gasteiger partial charge is 0.374 e. The molecule has 0 bridgehead atoms. The Bertz CT molecular complexity index is 405. The molecule has 0 radical (unpaired) electrons. The highest BCUT2D eigenvalue weighted by molar-refractivity contribution is 5.13. The number of aryl methyl sites for hydroxylation is 1. The predicted molar refractivity (Wildman–Crippen MR) is 85.4 cm³/mol. The third-order valence-electron chi connectivity index (χ3n) is 4.04. The second kappa shape index (κ2) is 8.51. The average molecular weight is 294 g/mol. The average Bonchev–Trinajstić information content (AvgIpc) is 2.97. The van der Waals surface area contributed by atoms with Gasteiger partial charge in [0.15, 0.2) is 0 Å². The molecule has 0 saturated carbocycles. The number of hydrogen-bond acceptors (Lipinski definition) is 4. The second-order valence-electron chi connectivity index (χ2n) is 5.77. The first-order valence-electron chi connectivity index (χ1n) is 8.38. The summed E-state index contributed by atoms with van der Waals surface area (Å²) in [5, 5.41) is 8.07. The zero-order valence-electron chi connectivity index (χ0n) is 13.7. The number of ether oxygens (including phenoxy) is 1. The molecule has 0 aliphatic carbocycles. The van der Waals surface area contributed by atoms with Gasteiger partial charge in [-0.1, -0.05) is 13.8 Å². The third-order valence-corrected chi connectivity index (χ3v) is 4.04. The molecule has 2 atom stereocenters. The molecule has 1 aliphatic heterocycles. The second-order valence-corrected chi connectivity index (χ2v) is 5.77. The van der Waals surface area contributed by atoms with E-state index in [0.717, 1.165) is 45.8 Å². The smallest absolute Gasteiger partial charge is 0.0898 e. The topological polar surface area (TPSA) is 42.3 Å². The monoisotopic (exact) mass is 294 g/mol. The summed E-state index contributed by atoms with van der Waals surface area (Å²) >= 11 is 0. The Morgan fingerprint density at radius 1 is 1.38 bits per heavy atom. The molecule has 0 spiro atoms. The Morgan fingerprint density at radius 3 is 2.90 bits per heavy atom. The van der Waals surface area contributed by atoms with Gasteiger partial charge in [0, 0.05) is 31.4 Å². The van der Waals surface area contributed by atoms with Crippen LogP contribution in [0.25, 0.3) is 0 Å². The van der Waals surface area contributed by atoms with Crippen LogP contribution in [0.15, 0.2) is 12.4 Å². The molecule has 1 aromatic rings. The van der Waals surface area contributed by atoms with Crippen LogP contribution in [-0.4, -0.2) is 53.6 Å². The van der Waals surface area contributed by atoms with Gasteiger partial charge in [-0.2, -0.15) is 5.10 Å². The van der Waals surface area contributed by atoms with E-state index in [9.17, 15) is 0 Å². The highest BCUT2D eigenvalue weighted by Crippen LogP contribution is 2.22. The van der Waals surface area contributed by atoms with Crippen LogP contribution in [0.5, 0.6) is 0 Å². The van der Waals surface area contributed by atoms with Crippen LogP contribution >= 0.6 is 0 Å². The fourth-order valence-electron chi connectivity index (χ4n) is 2.93. The highest BCUT2D eigenvalue weighted by atomic mass is 16.5. The Hall–Kier alpha value is -0.910. The molecule has 21 heavy (non-hydrogen) atoms. The molecule has 1 fully saturated rings. The quantitative estimate of drug-likeness (QED) is 0.797. The van der Waals surface area contributed by atoms with Gasteiger partial charge in [-0.3, -0.25) is 9.58 Å². The van der Waals surface area contributed by atoms with Gasteiger partial charge in [0.2, 0.25) is 0 Å². The maximum atomic E-state index is 6.07. The number of hydrogen-bond donors (Lipinski definition) is 1. The van der Waals surface area contributed by atoms with E-state index in [-0.39, 0.29) is 12.1 Å². The number of rotatable bonds is 8. The van der Waals surface area contributed by atoms with Gasteiger partial charge in [0.05, 0.1) is 24.9 Å². The van der Waals surface area contributed by atoms with Gasteiger partial charge >= 0.3 is 0 Å². The Balaban J connectivity index is 2.07. The molecule has 0 amide bonds. The van der Waals surface area contributed by atoms with Crippen molar-refractivity contribution in [1.82, 2.24) is 20.0 Å². The molecule has 0 aromatic carbocycles. The summed E-state index contributed by atoms with van der Waals surface area (Å²) < 4.78 is 8.06. The van der Waals surface area contributed by atoms with Gasteiger partial charge in [0.1, 0.15) is 0 Å². The minimum absolute atomic E-state index is 0.214. The van der Waals surface area contributed by atoms with Crippen LogP contribution in [0.2, 0.25) is 0 Å². The molecule has 120 valence electrons. The lowest BCUT2D eigenvalue weighted by atomic mass is 10.0. The number of morpholine rings is 1. The molecule has 2 unspecified atom stereocenters. The van der Waals surface area contributed by atoms with Crippen LogP contribution in [0.3, 0.4) is 0 Å². The fraction of sp³-hybridized carbons (Fsp3) is 0.812. The lowest BCUT2D eigenvalue weighted by molar-refractivity contribution is -0.0470. The lowest BCUT2D eigenvalue weighted by Gasteiger charge is -2.37. The maximum Gasteiger partial charge on any atom is 0.0898 e. The number of nitrogens with one attached hydrogen (secondary N) is 1. The van der Waals surface area contributed by atoms with Gasteiger partial charge in [-0.25, -0.2) is 0 Å². The van der Waals surface area contributed by atoms with Gasteiger partial charge in [-0.05, 0) is 32.9 Å². The summed E-state index contributed by atoms with van der Waals surface area (Å²) in [5.41, 5.74) is 1.24. The first-order chi connectivity index (χ1) is 10.3. The van der Waals surface area contributed by atoms with E-state index in [0.29, 0.717) is 0 Å². The van der Waals surface area contributed by atoms with Crippen LogP contribution in [0.1, 0.15) is 45.2 Å². The Kier molecular flexibility index (Phi) is 6.67. The molecule has 1 N–H and O–H groups in total. The maximum absolute atomic E-state index is 6.07. The Labute approximate surface area is 128 Å². The summed E-state index contributed by atoms with van der Waals surface area (Å²) in [6, 6.07) is 0.241. The Morgan fingerprint density at radius 2 is 2.24 bits per heavy atom. The predicted octanol–water partition coefficient (Wildman–Crippen LogP) is 2.05. The van der Waals surface area contributed by atoms with Crippen molar-refractivity contribution < 1.29 is 4.74 Å². The molecule has 5 nitrogen and oxygen atoms in total. The summed E-state index contributed by atoms with van der Waals surface area (Å²) in [5.74, 6) is 0.